The molecule has 0 aromatic carbocycles. The van der Waals surface area contributed by atoms with Crippen LogP contribution >= 0.6 is 0 Å². The topological polar surface area (TPSA) is 82.7 Å². The summed E-state index contributed by atoms with van der Waals surface area (Å²) in [5.74, 6) is 0. The highest BCUT2D eigenvalue weighted by Gasteiger charge is 2.26. The van der Waals surface area contributed by atoms with Crippen LogP contribution in [0.25, 0.3) is 21.5 Å². The van der Waals surface area contributed by atoms with Crippen molar-refractivity contribution < 1.29 is 9.53 Å². The number of rotatable bonds is 3. The molecule has 1 aliphatic heterocycles. The summed E-state index contributed by atoms with van der Waals surface area (Å²) in [7, 11) is 0. The van der Waals surface area contributed by atoms with Gasteiger partial charge in [0.15, 0.2) is 0 Å². The second kappa shape index (κ2) is 7.37. The Labute approximate surface area is 158 Å². The van der Waals surface area contributed by atoms with E-state index in [2.05, 4.69) is 26.6 Å². The van der Waals surface area contributed by atoms with Crippen LogP contribution in [0.3, 0.4) is 0 Å². The highest BCUT2D eigenvalue weighted by Crippen LogP contribution is 2.33. The highest BCUT2D eigenvalue weighted by atomic mass is 16.6. The van der Waals surface area contributed by atoms with Gasteiger partial charge in [-0.25, -0.2) is 4.79 Å². The molecule has 0 saturated carbocycles. The van der Waals surface area contributed by atoms with Crippen molar-refractivity contribution in [2.75, 3.05) is 13.1 Å². The van der Waals surface area contributed by atoms with Gasteiger partial charge >= 0.3 is 6.09 Å². The average Bonchev–Trinajstić information content (AvgIpc) is 3.00. The van der Waals surface area contributed by atoms with Crippen LogP contribution in [0.1, 0.15) is 51.4 Å². The lowest BCUT2D eigenvalue weighted by Crippen LogP contribution is -2.39. The fourth-order valence-electron chi connectivity index (χ4n) is 3.32. The molecule has 0 aliphatic carbocycles. The van der Waals surface area contributed by atoms with Crippen molar-refractivity contribution in [3.05, 3.63) is 58.2 Å². The van der Waals surface area contributed by atoms with E-state index >= 15 is 0 Å². The predicted molar refractivity (Wildman–Crippen MR) is 105 cm³/mol. The van der Waals surface area contributed by atoms with Crippen LogP contribution in [-0.4, -0.2) is 34.1 Å². The Morgan fingerprint density at radius 1 is 1.37 bits per heavy atom. The van der Waals surface area contributed by atoms with Crippen molar-refractivity contribution in [3.8, 4) is 0 Å². The van der Waals surface area contributed by atoms with Gasteiger partial charge in [0.1, 0.15) is 5.60 Å². The molecule has 7 heteroatoms. The average molecular weight is 367 g/mol. The number of amides is 1. The van der Waals surface area contributed by atoms with Crippen LogP contribution in [0.5, 0.6) is 0 Å². The third kappa shape index (κ3) is 4.09. The molecule has 142 valence electrons. The van der Waals surface area contributed by atoms with Crippen LogP contribution in [-0.2, 0) is 4.74 Å². The molecule has 2 aromatic rings. The first-order valence-electron chi connectivity index (χ1n) is 9.11. The summed E-state index contributed by atoms with van der Waals surface area (Å²) in [5, 5.41) is 3.88. The molecule has 2 aromatic heterocycles. The van der Waals surface area contributed by atoms with Crippen LogP contribution in [0, 0.1) is 0 Å². The zero-order valence-corrected chi connectivity index (χ0v) is 16.2. The van der Waals surface area contributed by atoms with E-state index in [9.17, 15) is 4.79 Å². The van der Waals surface area contributed by atoms with Gasteiger partial charge in [0, 0.05) is 29.7 Å². The number of nitrogens with zero attached hydrogens (tertiary/aromatic N) is 5. The Morgan fingerprint density at radius 3 is 2.78 bits per heavy atom. The van der Waals surface area contributed by atoms with Gasteiger partial charge in [-0.3, -0.25) is 0 Å². The van der Waals surface area contributed by atoms with E-state index < -0.39 is 5.60 Å². The van der Waals surface area contributed by atoms with Crippen molar-refractivity contribution in [2.45, 2.75) is 45.8 Å². The number of carbonyl (C=O) groups excluding carboxylic acids is 1. The molecule has 1 atom stereocenters. The third-order valence-corrected chi connectivity index (χ3v) is 4.55. The molecule has 0 saturated heterocycles. The van der Waals surface area contributed by atoms with Gasteiger partial charge in [-0.15, -0.1) is 0 Å². The molecule has 1 unspecified atom stereocenters. The van der Waals surface area contributed by atoms with Crippen LogP contribution in [0.15, 0.2) is 41.7 Å². The maximum atomic E-state index is 12.3. The van der Waals surface area contributed by atoms with E-state index in [4.69, 9.17) is 10.3 Å². The van der Waals surface area contributed by atoms with Gasteiger partial charge in [-0.05, 0) is 62.1 Å². The quantitative estimate of drug-likeness (QED) is 0.417. The van der Waals surface area contributed by atoms with Gasteiger partial charge in [0.05, 0.1) is 11.7 Å². The Kier molecular flexibility index (Phi) is 5.15. The number of carbonyl (C=O) groups is 1. The first-order valence-corrected chi connectivity index (χ1v) is 9.11. The van der Waals surface area contributed by atoms with Gasteiger partial charge in [0.2, 0.25) is 0 Å². The number of hydrogen-bond donors (Lipinski definition) is 0. The van der Waals surface area contributed by atoms with Crippen molar-refractivity contribution >= 4 is 17.2 Å². The van der Waals surface area contributed by atoms with E-state index in [0.29, 0.717) is 13.1 Å². The third-order valence-electron chi connectivity index (χ3n) is 4.55. The minimum atomic E-state index is -0.503. The zero-order valence-electron chi connectivity index (χ0n) is 16.2. The normalized spacial score (nSPS) is 15.9. The smallest absolute Gasteiger partial charge is 0.410 e. The minimum absolute atomic E-state index is 0.269. The molecule has 1 aliphatic rings. The van der Waals surface area contributed by atoms with E-state index in [0.717, 1.165) is 28.8 Å². The number of fused-ring (bicyclic) bond motifs is 1. The van der Waals surface area contributed by atoms with Gasteiger partial charge in [-0.2, -0.15) is 0 Å². The Bertz CT molecular complexity index is 931. The molecule has 7 nitrogen and oxygen atoms in total. The molecule has 27 heavy (non-hydrogen) atoms. The highest BCUT2D eigenvalue weighted by molar-refractivity contribution is 5.75. The van der Waals surface area contributed by atoms with Gasteiger partial charge in [0.25, 0.3) is 0 Å². The van der Waals surface area contributed by atoms with Crippen molar-refractivity contribution in [2.24, 2.45) is 5.11 Å². The molecule has 0 bridgehead atoms. The molecule has 3 rings (SSSR count). The lowest BCUT2D eigenvalue weighted by Gasteiger charge is -2.30. The molecule has 1 amide bonds. The maximum Gasteiger partial charge on any atom is 0.410 e. The van der Waals surface area contributed by atoms with E-state index in [1.807, 2.05) is 52.1 Å². The summed E-state index contributed by atoms with van der Waals surface area (Å²) in [6.45, 7) is 8.59. The Hall–Kier alpha value is -2.92. The molecule has 0 N–H and O–H groups in total. The largest absolute Gasteiger partial charge is 0.444 e. The summed E-state index contributed by atoms with van der Waals surface area (Å²) in [6, 6.07) is 7.80. The SMILES string of the molecule is CC(N=[N+]=[N-])c1cc2ccccn2c1C1=CCN(C(=O)OC(C)(C)C)CC1. The van der Waals surface area contributed by atoms with E-state index in [1.54, 1.807) is 4.90 Å². The fourth-order valence-corrected chi connectivity index (χ4v) is 3.32. The molecule has 0 spiro atoms. The monoisotopic (exact) mass is 367 g/mol. The van der Waals surface area contributed by atoms with Gasteiger partial charge < -0.3 is 14.0 Å². The summed E-state index contributed by atoms with van der Waals surface area (Å²) in [5.41, 5.74) is 12.6. The molecule has 3 heterocycles. The Morgan fingerprint density at radius 2 is 2.15 bits per heavy atom. The number of aromatic nitrogens is 1. The number of hydrogen-bond acceptors (Lipinski definition) is 3. The molecule has 0 fully saturated rings. The van der Waals surface area contributed by atoms with E-state index in [1.165, 1.54) is 0 Å². The summed E-state index contributed by atoms with van der Waals surface area (Å²) < 4.78 is 7.58. The summed E-state index contributed by atoms with van der Waals surface area (Å²) >= 11 is 0. The first-order chi connectivity index (χ1) is 12.8. The maximum absolute atomic E-state index is 12.3. The van der Waals surface area contributed by atoms with E-state index in [-0.39, 0.29) is 12.1 Å². The van der Waals surface area contributed by atoms with Crippen molar-refractivity contribution in [1.29, 1.82) is 0 Å². The zero-order chi connectivity index (χ0) is 19.6. The number of pyridine rings is 1. The molecular weight excluding hydrogens is 342 g/mol. The standard InChI is InChI=1S/C20H25N5O2/c1-14(22-23-21)17-13-16-7-5-6-10-25(16)18(17)15-8-11-24(12-9-15)19(26)27-20(2,3)4/h5-8,10,13-14H,9,11-12H2,1-4H3. The van der Waals surface area contributed by atoms with Crippen LogP contribution < -0.4 is 0 Å². The number of ether oxygens (including phenoxy) is 1. The number of azide groups is 1. The second-order valence-corrected chi connectivity index (χ2v) is 7.73. The van der Waals surface area contributed by atoms with Crippen LogP contribution in [0.4, 0.5) is 4.79 Å². The summed E-state index contributed by atoms with van der Waals surface area (Å²) in [4.78, 5) is 17.0. The second-order valence-electron chi connectivity index (χ2n) is 7.73. The lowest BCUT2D eigenvalue weighted by molar-refractivity contribution is 0.0270. The minimum Gasteiger partial charge on any atom is -0.444 e. The van der Waals surface area contributed by atoms with Gasteiger partial charge in [-0.1, -0.05) is 24.2 Å². The van der Waals surface area contributed by atoms with Crippen LogP contribution in [0.2, 0.25) is 0 Å². The van der Waals surface area contributed by atoms with Crippen molar-refractivity contribution in [1.82, 2.24) is 9.30 Å². The lowest BCUT2D eigenvalue weighted by atomic mass is 9.99. The first kappa shape index (κ1) is 18.9. The summed E-state index contributed by atoms with van der Waals surface area (Å²) in [6.07, 6.45) is 4.50. The Balaban J connectivity index is 1.93. The molecular formula is C20H25N5O2. The predicted octanol–water partition coefficient (Wildman–Crippen LogP) is 5.33. The fraction of sp³-hybridized carbons (Fsp3) is 0.450. The van der Waals surface area contributed by atoms with Crippen molar-refractivity contribution in [3.63, 3.8) is 0 Å². The molecule has 0 radical (unpaired) electrons.